The van der Waals surface area contributed by atoms with E-state index >= 15 is 0 Å². The SMILES string of the molecule is C=C(C)OC(=O)[C@H](CNc1nc(C)nc(N2CCC(c3ccc4c(n3)NCCC4)CC2)c1C)NC(=O)OCc1ccccc1. The molecule has 0 aliphatic carbocycles. The molecule has 0 radical (unpaired) electrons. The molecule has 5 rings (SSSR count). The number of ether oxygens (including phenoxy) is 2. The topological polar surface area (TPSA) is 131 Å². The molecule has 1 atom stereocenters. The first kappa shape index (κ1) is 30.8. The van der Waals surface area contributed by atoms with E-state index in [4.69, 9.17) is 19.4 Å². The van der Waals surface area contributed by atoms with E-state index < -0.39 is 18.1 Å². The number of hydrogen-bond acceptors (Lipinski definition) is 10. The van der Waals surface area contributed by atoms with Gasteiger partial charge in [0.15, 0.2) is 0 Å². The van der Waals surface area contributed by atoms with Gasteiger partial charge in [-0.25, -0.2) is 24.5 Å². The van der Waals surface area contributed by atoms with Crippen molar-refractivity contribution in [3.05, 3.63) is 83.0 Å². The molecule has 0 bridgehead atoms. The molecule has 3 N–H and O–H groups in total. The molecule has 3 aromatic rings. The minimum atomic E-state index is -1.04. The third-order valence-electron chi connectivity index (χ3n) is 7.90. The highest BCUT2D eigenvalue weighted by Crippen LogP contribution is 2.33. The Morgan fingerprint density at radius 1 is 1.09 bits per heavy atom. The zero-order valence-corrected chi connectivity index (χ0v) is 25.7. The van der Waals surface area contributed by atoms with Gasteiger partial charge >= 0.3 is 12.1 Å². The fourth-order valence-corrected chi connectivity index (χ4v) is 5.59. The summed E-state index contributed by atoms with van der Waals surface area (Å²) in [5, 5.41) is 9.29. The Bertz CT molecular complexity index is 1490. The molecule has 232 valence electrons. The largest absolute Gasteiger partial charge is 0.445 e. The molecule has 4 heterocycles. The van der Waals surface area contributed by atoms with E-state index in [9.17, 15) is 9.59 Å². The van der Waals surface area contributed by atoms with Crippen LogP contribution in [0.3, 0.4) is 0 Å². The molecule has 0 unspecified atom stereocenters. The number of benzene rings is 1. The quantitative estimate of drug-likeness (QED) is 0.216. The summed E-state index contributed by atoms with van der Waals surface area (Å²) in [4.78, 5) is 42.0. The van der Waals surface area contributed by atoms with Crippen LogP contribution in [-0.4, -0.2) is 59.2 Å². The van der Waals surface area contributed by atoms with Crippen LogP contribution < -0.4 is 20.9 Å². The van der Waals surface area contributed by atoms with Crippen LogP contribution in [0.1, 0.15) is 60.3 Å². The Morgan fingerprint density at radius 2 is 1.86 bits per heavy atom. The second-order valence-electron chi connectivity index (χ2n) is 11.4. The van der Waals surface area contributed by atoms with Gasteiger partial charge in [-0.2, -0.15) is 0 Å². The summed E-state index contributed by atoms with van der Waals surface area (Å²) in [6, 6.07) is 12.7. The minimum Gasteiger partial charge on any atom is -0.445 e. The monoisotopic (exact) mass is 599 g/mol. The summed E-state index contributed by atoms with van der Waals surface area (Å²) in [6.45, 7) is 11.8. The van der Waals surface area contributed by atoms with Crippen molar-refractivity contribution in [1.82, 2.24) is 20.3 Å². The van der Waals surface area contributed by atoms with Crippen molar-refractivity contribution >= 4 is 29.5 Å². The molecule has 2 aliphatic rings. The number of carbonyl (C=O) groups excluding carboxylic acids is 2. The van der Waals surface area contributed by atoms with E-state index in [1.165, 1.54) is 5.56 Å². The zero-order chi connectivity index (χ0) is 31.1. The molecule has 2 aromatic heterocycles. The van der Waals surface area contributed by atoms with E-state index in [1.54, 1.807) is 6.92 Å². The number of pyridine rings is 1. The molecule has 1 aromatic carbocycles. The normalized spacial score (nSPS) is 15.4. The number of nitrogens with zero attached hydrogens (tertiary/aromatic N) is 4. The molecule has 11 heteroatoms. The van der Waals surface area contributed by atoms with Gasteiger partial charge in [0, 0.05) is 43.4 Å². The second kappa shape index (κ2) is 14.2. The number of allylic oxidation sites excluding steroid dienone is 1. The van der Waals surface area contributed by atoms with Gasteiger partial charge < -0.3 is 30.3 Å². The van der Waals surface area contributed by atoms with Crippen LogP contribution >= 0.6 is 0 Å². The third kappa shape index (κ3) is 7.83. The number of nitrogens with one attached hydrogen (secondary N) is 3. The van der Waals surface area contributed by atoms with Crippen molar-refractivity contribution < 1.29 is 19.1 Å². The van der Waals surface area contributed by atoms with E-state index in [1.807, 2.05) is 44.2 Å². The van der Waals surface area contributed by atoms with Crippen molar-refractivity contribution in [2.45, 2.75) is 65.0 Å². The van der Waals surface area contributed by atoms with Crippen LogP contribution in [0, 0.1) is 13.8 Å². The van der Waals surface area contributed by atoms with Crippen molar-refractivity contribution in [2.24, 2.45) is 0 Å². The molecule has 1 saturated heterocycles. The van der Waals surface area contributed by atoms with Gasteiger partial charge in [-0.15, -0.1) is 0 Å². The Morgan fingerprint density at radius 3 is 2.61 bits per heavy atom. The van der Waals surface area contributed by atoms with Crippen LogP contribution in [0.25, 0.3) is 0 Å². The fraction of sp³-hybridized carbons (Fsp3) is 0.424. The first-order valence-electron chi connectivity index (χ1n) is 15.2. The summed E-state index contributed by atoms with van der Waals surface area (Å²) in [6.07, 6.45) is 3.45. The number of carbonyl (C=O) groups is 2. The number of aromatic nitrogens is 3. The van der Waals surface area contributed by atoms with Crippen LogP contribution in [0.2, 0.25) is 0 Å². The maximum atomic E-state index is 12.8. The number of alkyl carbamates (subject to hydrolysis) is 1. The maximum Gasteiger partial charge on any atom is 0.408 e. The molecule has 0 saturated carbocycles. The number of piperidine rings is 1. The van der Waals surface area contributed by atoms with Gasteiger partial charge in [-0.05, 0) is 63.6 Å². The van der Waals surface area contributed by atoms with Crippen molar-refractivity contribution in [3.63, 3.8) is 0 Å². The average Bonchev–Trinajstić information content (AvgIpc) is 3.03. The summed E-state index contributed by atoms with van der Waals surface area (Å²) in [5.41, 5.74) is 4.16. The Hall–Kier alpha value is -4.67. The number of aryl methyl sites for hydroxylation is 2. The predicted octanol–water partition coefficient (Wildman–Crippen LogP) is 5.01. The molecule has 44 heavy (non-hydrogen) atoms. The van der Waals surface area contributed by atoms with Crippen molar-refractivity contribution in [2.75, 3.05) is 41.7 Å². The van der Waals surface area contributed by atoms with Gasteiger partial charge in [-0.3, -0.25) is 0 Å². The van der Waals surface area contributed by atoms with Crippen LogP contribution in [0.15, 0.2) is 54.8 Å². The van der Waals surface area contributed by atoms with Gasteiger partial charge in [0.1, 0.15) is 35.9 Å². The van der Waals surface area contributed by atoms with E-state index in [0.29, 0.717) is 17.6 Å². The molecular formula is C33H41N7O4. The number of hydrogen-bond donors (Lipinski definition) is 3. The third-order valence-corrected chi connectivity index (χ3v) is 7.90. The molecule has 1 fully saturated rings. The van der Waals surface area contributed by atoms with Crippen LogP contribution in [0.5, 0.6) is 0 Å². The van der Waals surface area contributed by atoms with Crippen molar-refractivity contribution in [3.8, 4) is 0 Å². The molecule has 11 nitrogen and oxygen atoms in total. The predicted molar refractivity (Wildman–Crippen MR) is 170 cm³/mol. The van der Waals surface area contributed by atoms with Gasteiger partial charge in [0.25, 0.3) is 0 Å². The smallest absolute Gasteiger partial charge is 0.408 e. The molecule has 2 aliphatic heterocycles. The van der Waals surface area contributed by atoms with Gasteiger partial charge in [-0.1, -0.05) is 43.0 Å². The number of rotatable bonds is 10. The Labute approximate surface area is 258 Å². The lowest BCUT2D eigenvalue weighted by Crippen LogP contribution is -2.46. The van der Waals surface area contributed by atoms with Crippen molar-refractivity contribution in [1.29, 1.82) is 0 Å². The lowest BCUT2D eigenvalue weighted by atomic mass is 9.92. The maximum absolute atomic E-state index is 12.8. The molecule has 1 amide bonds. The molecular weight excluding hydrogens is 558 g/mol. The number of anilines is 3. The lowest BCUT2D eigenvalue weighted by molar-refractivity contribution is -0.141. The first-order valence-corrected chi connectivity index (χ1v) is 15.2. The zero-order valence-electron chi connectivity index (χ0n) is 25.7. The van der Waals surface area contributed by atoms with Crippen LogP contribution in [-0.2, 0) is 27.3 Å². The first-order chi connectivity index (χ1) is 21.3. The summed E-state index contributed by atoms with van der Waals surface area (Å²) < 4.78 is 10.5. The lowest BCUT2D eigenvalue weighted by Gasteiger charge is -2.34. The number of fused-ring (bicyclic) bond motifs is 1. The summed E-state index contributed by atoms with van der Waals surface area (Å²) in [5.74, 6) is 3.06. The standard InChI is InChI=1S/C33H41N7O4/c1-21(2)44-32(41)28(39-33(42)43-20-24-9-6-5-7-10-24)19-35-29-22(3)31(37-23(4)36-29)40-17-14-25(15-18-40)27-13-12-26-11-8-16-34-30(26)38-27/h5-7,9-10,12-13,25,28H,1,8,11,14-20H2,2-4H3,(H,34,38)(H,39,42)(H,35,36,37)/t28-/m0/s1. The average molecular weight is 600 g/mol. The highest BCUT2D eigenvalue weighted by molar-refractivity contribution is 5.82. The number of esters is 1. The van der Waals surface area contributed by atoms with E-state index in [2.05, 4.69) is 44.5 Å². The fourth-order valence-electron chi connectivity index (χ4n) is 5.59. The Kier molecular flexibility index (Phi) is 9.93. The number of amides is 1. The second-order valence-corrected chi connectivity index (χ2v) is 11.4. The van der Waals surface area contributed by atoms with E-state index in [0.717, 1.165) is 73.8 Å². The highest BCUT2D eigenvalue weighted by Gasteiger charge is 2.27. The highest BCUT2D eigenvalue weighted by atomic mass is 16.6. The van der Waals surface area contributed by atoms with Crippen LogP contribution in [0.4, 0.5) is 22.2 Å². The van der Waals surface area contributed by atoms with Gasteiger partial charge in [0.2, 0.25) is 0 Å². The summed E-state index contributed by atoms with van der Waals surface area (Å²) >= 11 is 0. The Balaban J connectivity index is 1.22. The minimum absolute atomic E-state index is 0.0311. The van der Waals surface area contributed by atoms with Gasteiger partial charge in [0.05, 0.1) is 5.76 Å². The summed E-state index contributed by atoms with van der Waals surface area (Å²) in [7, 11) is 0. The van der Waals surface area contributed by atoms with E-state index in [-0.39, 0.29) is 18.9 Å². The molecule has 0 spiro atoms.